The predicted octanol–water partition coefficient (Wildman–Crippen LogP) is 3.02. The Bertz CT molecular complexity index is 369. The van der Waals surface area contributed by atoms with Crippen LogP contribution in [0.1, 0.15) is 13.3 Å². The number of nitrogens with one attached hydrogen (secondary N) is 1. The second-order valence-corrected chi connectivity index (χ2v) is 3.54. The molecule has 0 aliphatic rings. The van der Waals surface area contributed by atoms with E-state index in [2.05, 4.69) is 15.3 Å². The van der Waals surface area contributed by atoms with Crippen LogP contribution in [0, 0.1) is 5.82 Å². The van der Waals surface area contributed by atoms with Gasteiger partial charge in [-0.05, 0) is 18.5 Å². The summed E-state index contributed by atoms with van der Waals surface area (Å²) in [5.74, 6) is -1.19. The van der Waals surface area contributed by atoms with Gasteiger partial charge in [-0.25, -0.2) is 9.37 Å². The molecule has 1 aromatic heterocycles. The minimum absolute atomic E-state index is 0.233. The third-order valence-corrected chi connectivity index (χ3v) is 1.82. The van der Waals surface area contributed by atoms with E-state index in [4.69, 9.17) is 11.6 Å². The van der Waals surface area contributed by atoms with Crippen LogP contribution in [0.3, 0.4) is 0 Å². The van der Waals surface area contributed by atoms with Gasteiger partial charge in [0.2, 0.25) is 5.28 Å². The Morgan fingerprint density at radius 2 is 2.12 bits per heavy atom. The number of rotatable bonds is 3. The smallest absolute Gasteiger partial charge is 0.365 e. The topological polar surface area (TPSA) is 37.8 Å². The Kier molecular flexibility index (Phi) is 3.90. The van der Waals surface area contributed by atoms with Crippen molar-refractivity contribution in [1.29, 1.82) is 0 Å². The largest absolute Gasteiger partial charge is 0.391 e. The highest BCUT2D eigenvalue weighted by molar-refractivity contribution is 6.28. The zero-order chi connectivity index (χ0) is 12.3. The van der Waals surface area contributed by atoms with Crippen molar-refractivity contribution in [3.8, 4) is 0 Å². The molecule has 1 heterocycles. The van der Waals surface area contributed by atoms with Gasteiger partial charge in [-0.1, -0.05) is 0 Å². The highest BCUT2D eigenvalue weighted by Crippen LogP contribution is 2.23. The van der Waals surface area contributed by atoms with Crippen LogP contribution in [0.15, 0.2) is 6.20 Å². The average Bonchev–Trinajstić information content (AvgIpc) is 2.08. The van der Waals surface area contributed by atoms with Crippen molar-refractivity contribution in [3.05, 3.63) is 17.3 Å². The van der Waals surface area contributed by atoms with E-state index in [-0.39, 0.29) is 11.1 Å². The maximum absolute atomic E-state index is 13.0. The third-order valence-electron chi connectivity index (χ3n) is 1.64. The number of halogens is 5. The van der Waals surface area contributed by atoms with Crippen LogP contribution in [0.2, 0.25) is 5.28 Å². The Hall–Kier alpha value is -1.11. The fraction of sp³-hybridized carbons (Fsp3) is 0.500. The molecule has 0 fully saturated rings. The molecule has 16 heavy (non-hydrogen) atoms. The van der Waals surface area contributed by atoms with Gasteiger partial charge in [-0.2, -0.15) is 18.2 Å². The van der Waals surface area contributed by atoms with E-state index in [0.29, 0.717) is 0 Å². The first kappa shape index (κ1) is 13.0. The van der Waals surface area contributed by atoms with Crippen molar-refractivity contribution < 1.29 is 17.6 Å². The van der Waals surface area contributed by atoms with Crippen molar-refractivity contribution in [2.75, 3.05) is 5.32 Å². The summed E-state index contributed by atoms with van der Waals surface area (Å²) < 4.78 is 49.0. The summed E-state index contributed by atoms with van der Waals surface area (Å²) in [6.07, 6.45) is -4.62. The Morgan fingerprint density at radius 3 is 2.69 bits per heavy atom. The second kappa shape index (κ2) is 4.82. The molecule has 0 saturated carbocycles. The molecular formula is C8H8ClF4N3. The van der Waals surface area contributed by atoms with Crippen molar-refractivity contribution in [2.24, 2.45) is 0 Å². The molecule has 1 unspecified atom stereocenters. The first-order valence-corrected chi connectivity index (χ1v) is 4.67. The van der Waals surface area contributed by atoms with Gasteiger partial charge in [0.25, 0.3) is 0 Å². The van der Waals surface area contributed by atoms with E-state index < -0.39 is 24.5 Å². The third kappa shape index (κ3) is 4.18. The number of anilines is 1. The fourth-order valence-corrected chi connectivity index (χ4v) is 1.21. The highest BCUT2D eigenvalue weighted by Gasteiger charge is 2.30. The van der Waals surface area contributed by atoms with Crippen molar-refractivity contribution in [1.82, 2.24) is 9.97 Å². The summed E-state index contributed by atoms with van der Waals surface area (Å²) in [6, 6.07) is -1.000. The molecule has 90 valence electrons. The molecule has 8 heteroatoms. The van der Waals surface area contributed by atoms with E-state index in [1.165, 1.54) is 6.92 Å². The highest BCUT2D eigenvalue weighted by atomic mass is 35.5. The Morgan fingerprint density at radius 1 is 1.50 bits per heavy atom. The van der Waals surface area contributed by atoms with Crippen molar-refractivity contribution in [3.63, 3.8) is 0 Å². The van der Waals surface area contributed by atoms with Gasteiger partial charge in [-0.15, -0.1) is 0 Å². The van der Waals surface area contributed by atoms with Crippen LogP contribution in [0.4, 0.5) is 23.4 Å². The van der Waals surface area contributed by atoms with Crippen LogP contribution in [-0.4, -0.2) is 22.2 Å². The number of alkyl halides is 3. The monoisotopic (exact) mass is 257 g/mol. The SMILES string of the molecule is CC(CC(F)(F)F)Nc1nc(Cl)ncc1F. The summed E-state index contributed by atoms with van der Waals surface area (Å²) in [5.41, 5.74) is 0. The van der Waals surface area contributed by atoms with Gasteiger partial charge in [0.05, 0.1) is 12.6 Å². The standard InChI is InChI=1S/C8H8ClF4N3/c1-4(2-8(11,12)13)15-6-5(10)3-14-7(9)16-6/h3-4H,2H2,1H3,(H,14,15,16). The summed E-state index contributed by atoms with van der Waals surface area (Å²) in [5, 5.41) is 2.04. The van der Waals surface area contributed by atoms with E-state index in [9.17, 15) is 17.6 Å². The maximum atomic E-state index is 13.0. The molecule has 0 saturated heterocycles. The van der Waals surface area contributed by atoms with Crippen LogP contribution < -0.4 is 5.32 Å². The van der Waals surface area contributed by atoms with Crippen LogP contribution >= 0.6 is 11.6 Å². The lowest BCUT2D eigenvalue weighted by Crippen LogP contribution is -2.24. The number of nitrogens with zero attached hydrogens (tertiary/aromatic N) is 2. The van der Waals surface area contributed by atoms with E-state index >= 15 is 0 Å². The van der Waals surface area contributed by atoms with E-state index in [1.54, 1.807) is 0 Å². The molecule has 0 radical (unpaired) electrons. The normalized spacial score (nSPS) is 13.6. The predicted molar refractivity (Wildman–Crippen MR) is 50.8 cm³/mol. The lowest BCUT2D eigenvalue weighted by Gasteiger charge is -2.16. The average molecular weight is 258 g/mol. The Labute approximate surface area is 93.8 Å². The first-order valence-electron chi connectivity index (χ1n) is 4.29. The minimum Gasteiger partial charge on any atom is -0.365 e. The molecule has 0 bridgehead atoms. The zero-order valence-electron chi connectivity index (χ0n) is 8.15. The molecule has 0 aliphatic heterocycles. The summed E-state index contributed by atoms with van der Waals surface area (Å²) >= 11 is 5.38. The Balaban J connectivity index is 2.69. The molecule has 0 amide bonds. The van der Waals surface area contributed by atoms with E-state index in [0.717, 1.165) is 6.20 Å². The zero-order valence-corrected chi connectivity index (χ0v) is 8.90. The molecule has 1 atom stereocenters. The van der Waals surface area contributed by atoms with Crippen LogP contribution in [0.5, 0.6) is 0 Å². The molecule has 1 rings (SSSR count). The molecule has 0 aliphatic carbocycles. The van der Waals surface area contributed by atoms with Crippen molar-refractivity contribution in [2.45, 2.75) is 25.6 Å². The first-order chi connectivity index (χ1) is 7.28. The van der Waals surface area contributed by atoms with Crippen molar-refractivity contribution >= 4 is 17.4 Å². The fourth-order valence-electron chi connectivity index (χ4n) is 1.08. The molecular weight excluding hydrogens is 250 g/mol. The van der Waals surface area contributed by atoms with Crippen LogP contribution in [-0.2, 0) is 0 Å². The summed E-state index contributed by atoms with van der Waals surface area (Å²) in [6.45, 7) is 1.27. The van der Waals surface area contributed by atoms with Gasteiger partial charge in [0.1, 0.15) is 0 Å². The van der Waals surface area contributed by atoms with E-state index in [1.807, 2.05) is 0 Å². The van der Waals surface area contributed by atoms with Gasteiger partial charge in [0.15, 0.2) is 11.6 Å². The van der Waals surface area contributed by atoms with Gasteiger partial charge < -0.3 is 5.32 Å². The quantitative estimate of drug-likeness (QED) is 0.668. The summed E-state index contributed by atoms with van der Waals surface area (Å²) in [7, 11) is 0. The van der Waals surface area contributed by atoms with Crippen LogP contribution in [0.25, 0.3) is 0 Å². The lowest BCUT2D eigenvalue weighted by atomic mass is 10.2. The summed E-state index contributed by atoms with van der Waals surface area (Å²) in [4.78, 5) is 6.78. The molecule has 3 nitrogen and oxygen atoms in total. The molecule has 0 aromatic carbocycles. The molecule has 1 N–H and O–H groups in total. The minimum atomic E-state index is -4.32. The van der Waals surface area contributed by atoms with Gasteiger partial charge in [0, 0.05) is 6.04 Å². The number of hydrogen-bond donors (Lipinski definition) is 1. The van der Waals surface area contributed by atoms with Gasteiger partial charge >= 0.3 is 6.18 Å². The molecule has 0 spiro atoms. The number of hydrogen-bond acceptors (Lipinski definition) is 3. The van der Waals surface area contributed by atoms with Gasteiger partial charge in [-0.3, -0.25) is 0 Å². The lowest BCUT2D eigenvalue weighted by molar-refractivity contribution is -0.136. The second-order valence-electron chi connectivity index (χ2n) is 3.20. The maximum Gasteiger partial charge on any atom is 0.391 e. The molecule has 1 aromatic rings. The number of aromatic nitrogens is 2.